The highest BCUT2D eigenvalue weighted by Crippen LogP contribution is 2.20. The Labute approximate surface area is 95.0 Å². The maximum absolute atomic E-state index is 11.3. The summed E-state index contributed by atoms with van der Waals surface area (Å²) in [5.74, 6) is -0.0325. The number of nitrogens with zero attached hydrogens (tertiary/aromatic N) is 1. The van der Waals surface area contributed by atoms with E-state index in [1.54, 1.807) is 4.90 Å². The summed E-state index contributed by atoms with van der Waals surface area (Å²) >= 11 is 0. The first kappa shape index (κ1) is 12.8. The molecule has 4 nitrogen and oxygen atoms in total. The van der Waals surface area contributed by atoms with Crippen molar-refractivity contribution in [3.8, 4) is 0 Å². The van der Waals surface area contributed by atoms with Crippen LogP contribution >= 0.6 is 10.7 Å². The number of hydrogen-bond donors (Lipinski definition) is 0. The van der Waals surface area contributed by atoms with Crippen LogP contribution in [0.15, 0.2) is 0 Å². The maximum Gasteiger partial charge on any atom is 0.232 e. The van der Waals surface area contributed by atoms with Gasteiger partial charge in [0.25, 0.3) is 0 Å². The van der Waals surface area contributed by atoms with Crippen LogP contribution in [0.2, 0.25) is 0 Å². The van der Waals surface area contributed by atoms with E-state index in [-0.39, 0.29) is 17.7 Å². The Morgan fingerprint density at radius 2 is 2.13 bits per heavy atom. The van der Waals surface area contributed by atoms with E-state index in [4.69, 9.17) is 10.7 Å². The highest BCUT2D eigenvalue weighted by molar-refractivity contribution is 8.13. The third-order valence-corrected chi connectivity index (χ3v) is 3.91. The molecule has 0 saturated carbocycles. The fraction of sp³-hybridized carbons (Fsp3) is 0.889. The zero-order valence-corrected chi connectivity index (χ0v) is 10.4. The lowest BCUT2D eigenvalue weighted by atomic mass is 10.00. The molecule has 6 heteroatoms. The van der Waals surface area contributed by atoms with E-state index in [2.05, 4.69) is 0 Å². The molecule has 1 heterocycles. The van der Waals surface area contributed by atoms with Gasteiger partial charge in [-0.25, -0.2) is 8.42 Å². The number of piperidine rings is 1. The van der Waals surface area contributed by atoms with Crippen LogP contribution in [-0.2, 0) is 13.8 Å². The molecule has 1 amide bonds. The Hall–Kier alpha value is -0.290. The van der Waals surface area contributed by atoms with Gasteiger partial charge in [0, 0.05) is 30.2 Å². The van der Waals surface area contributed by atoms with Gasteiger partial charge in [0.1, 0.15) is 0 Å². The largest absolute Gasteiger partial charge is 0.340 e. The minimum Gasteiger partial charge on any atom is -0.340 e. The molecule has 1 atom stereocenters. The number of carbonyl (C=O) groups is 1. The summed E-state index contributed by atoms with van der Waals surface area (Å²) in [5, 5.41) is 0. The van der Waals surface area contributed by atoms with Gasteiger partial charge in [-0.1, -0.05) is 0 Å². The predicted molar refractivity (Wildman–Crippen MR) is 59.3 cm³/mol. The molecule has 88 valence electrons. The molecule has 1 unspecified atom stereocenters. The highest BCUT2D eigenvalue weighted by atomic mass is 35.7. The molecule has 0 bridgehead atoms. The van der Waals surface area contributed by atoms with E-state index in [1.807, 2.05) is 0 Å². The van der Waals surface area contributed by atoms with Gasteiger partial charge in [-0.3, -0.25) is 4.79 Å². The fourth-order valence-corrected chi connectivity index (χ4v) is 2.81. The summed E-state index contributed by atoms with van der Waals surface area (Å²) in [5.41, 5.74) is 0. The molecule has 0 aromatic carbocycles. The van der Waals surface area contributed by atoms with Crippen LogP contribution < -0.4 is 0 Å². The highest BCUT2D eigenvalue weighted by Gasteiger charge is 2.25. The smallest absolute Gasteiger partial charge is 0.232 e. The Morgan fingerprint density at radius 3 is 2.67 bits per heavy atom. The Balaban J connectivity index is 2.54. The lowest BCUT2D eigenvalue weighted by Crippen LogP contribution is -2.43. The zero-order valence-electron chi connectivity index (χ0n) is 8.78. The second kappa shape index (κ2) is 5.16. The maximum atomic E-state index is 11.3. The van der Waals surface area contributed by atoms with Crippen molar-refractivity contribution in [3.63, 3.8) is 0 Å². The van der Waals surface area contributed by atoms with Crippen molar-refractivity contribution in [2.24, 2.45) is 0 Å². The molecular formula is C9H16ClNO3S. The molecule has 0 radical (unpaired) electrons. The van der Waals surface area contributed by atoms with Crippen molar-refractivity contribution < 1.29 is 13.2 Å². The molecule has 0 aromatic rings. The average Bonchev–Trinajstić information content (AvgIpc) is 2.14. The lowest BCUT2D eigenvalue weighted by molar-refractivity contribution is -0.132. The van der Waals surface area contributed by atoms with E-state index in [9.17, 15) is 13.2 Å². The van der Waals surface area contributed by atoms with Crippen LogP contribution in [0.5, 0.6) is 0 Å². The molecule has 1 aliphatic rings. The molecule has 0 spiro atoms. The van der Waals surface area contributed by atoms with Crippen LogP contribution in [0.1, 0.15) is 32.6 Å². The number of hydrogen-bond acceptors (Lipinski definition) is 3. The van der Waals surface area contributed by atoms with Crippen molar-refractivity contribution in [1.29, 1.82) is 0 Å². The molecule has 0 aliphatic carbocycles. The summed E-state index contributed by atoms with van der Waals surface area (Å²) in [6, 6.07) is 0.0461. The van der Waals surface area contributed by atoms with Gasteiger partial charge in [0.2, 0.25) is 15.0 Å². The number of rotatable bonds is 3. The molecular weight excluding hydrogens is 238 g/mol. The summed E-state index contributed by atoms with van der Waals surface area (Å²) in [4.78, 5) is 13.0. The van der Waals surface area contributed by atoms with Crippen LogP contribution in [0.4, 0.5) is 0 Å². The van der Waals surface area contributed by atoms with Gasteiger partial charge < -0.3 is 4.90 Å². The SMILES string of the molecule is CC(=O)N1CCCCC1CCS(=O)(=O)Cl. The summed E-state index contributed by atoms with van der Waals surface area (Å²) in [6.45, 7) is 2.26. The standard InChI is InChI=1S/C9H16ClNO3S/c1-8(12)11-6-3-2-4-9(11)5-7-15(10,13)14/h9H,2-7H2,1H3. The van der Waals surface area contributed by atoms with Crippen molar-refractivity contribution in [3.05, 3.63) is 0 Å². The summed E-state index contributed by atoms with van der Waals surface area (Å²) in [6.07, 6.45) is 3.39. The van der Waals surface area contributed by atoms with Crippen molar-refractivity contribution in [1.82, 2.24) is 4.90 Å². The van der Waals surface area contributed by atoms with Crippen LogP contribution in [0.25, 0.3) is 0 Å². The second-order valence-corrected chi connectivity index (χ2v) is 6.79. The average molecular weight is 254 g/mol. The van der Waals surface area contributed by atoms with E-state index in [1.165, 1.54) is 6.92 Å². The second-order valence-electron chi connectivity index (χ2n) is 3.89. The van der Waals surface area contributed by atoms with Crippen molar-refractivity contribution >= 4 is 25.6 Å². The minimum atomic E-state index is -3.44. The Morgan fingerprint density at radius 1 is 1.47 bits per heavy atom. The molecule has 0 N–H and O–H groups in total. The van der Waals surface area contributed by atoms with Crippen molar-refractivity contribution in [2.75, 3.05) is 12.3 Å². The van der Waals surface area contributed by atoms with Gasteiger partial charge in [0.05, 0.1) is 5.75 Å². The summed E-state index contributed by atoms with van der Waals surface area (Å²) < 4.78 is 21.6. The number of carbonyl (C=O) groups excluding carboxylic acids is 1. The van der Waals surface area contributed by atoms with Gasteiger partial charge >= 0.3 is 0 Å². The van der Waals surface area contributed by atoms with Crippen LogP contribution in [-0.4, -0.2) is 37.6 Å². The Kier molecular flexibility index (Phi) is 4.40. The molecule has 15 heavy (non-hydrogen) atoms. The first-order valence-corrected chi connectivity index (χ1v) is 7.57. The van der Waals surface area contributed by atoms with Gasteiger partial charge in [-0.15, -0.1) is 0 Å². The van der Waals surface area contributed by atoms with E-state index in [0.29, 0.717) is 6.42 Å². The van der Waals surface area contributed by atoms with E-state index < -0.39 is 9.05 Å². The number of amides is 1. The monoisotopic (exact) mass is 253 g/mol. The summed E-state index contributed by atoms with van der Waals surface area (Å²) in [7, 11) is 1.71. The fourth-order valence-electron chi connectivity index (χ4n) is 1.99. The first-order chi connectivity index (χ1) is 6.90. The predicted octanol–water partition coefficient (Wildman–Crippen LogP) is 1.35. The van der Waals surface area contributed by atoms with Gasteiger partial charge in [0.15, 0.2) is 0 Å². The van der Waals surface area contributed by atoms with Crippen molar-refractivity contribution in [2.45, 2.75) is 38.6 Å². The lowest BCUT2D eigenvalue weighted by Gasteiger charge is -2.34. The van der Waals surface area contributed by atoms with Crippen LogP contribution in [0, 0.1) is 0 Å². The molecule has 0 aromatic heterocycles. The van der Waals surface area contributed by atoms with Crippen LogP contribution in [0.3, 0.4) is 0 Å². The van der Waals surface area contributed by atoms with Gasteiger partial charge in [-0.2, -0.15) is 0 Å². The number of halogens is 1. The third-order valence-electron chi connectivity index (χ3n) is 2.73. The third kappa shape index (κ3) is 4.38. The minimum absolute atomic E-state index is 0.0201. The molecule has 1 fully saturated rings. The molecule has 1 rings (SSSR count). The normalized spacial score (nSPS) is 22.8. The molecule has 1 saturated heterocycles. The Bertz CT molecular complexity index is 328. The van der Waals surface area contributed by atoms with E-state index >= 15 is 0 Å². The number of likely N-dealkylation sites (tertiary alicyclic amines) is 1. The quantitative estimate of drug-likeness (QED) is 0.714. The first-order valence-electron chi connectivity index (χ1n) is 5.09. The topological polar surface area (TPSA) is 54.5 Å². The molecule has 1 aliphatic heterocycles. The van der Waals surface area contributed by atoms with E-state index in [0.717, 1.165) is 25.8 Å². The zero-order chi connectivity index (χ0) is 11.5. The van der Waals surface area contributed by atoms with Gasteiger partial charge in [-0.05, 0) is 25.7 Å².